The smallest absolute Gasteiger partial charge is 0.191 e. The van der Waals surface area contributed by atoms with Gasteiger partial charge in [0.05, 0.1) is 20.3 Å². The molecule has 0 aliphatic carbocycles. The first-order valence-electron chi connectivity index (χ1n) is 9.62. The lowest BCUT2D eigenvalue weighted by Gasteiger charge is -2.35. The molecule has 27 heavy (non-hydrogen) atoms. The fourth-order valence-electron chi connectivity index (χ4n) is 3.29. The van der Waals surface area contributed by atoms with Crippen LogP contribution in [0.1, 0.15) is 25.8 Å². The van der Waals surface area contributed by atoms with E-state index in [1.807, 2.05) is 6.07 Å². The van der Waals surface area contributed by atoms with Gasteiger partial charge in [-0.3, -0.25) is 9.89 Å². The predicted molar refractivity (Wildman–Crippen MR) is 107 cm³/mol. The lowest BCUT2D eigenvalue weighted by molar-refractivity contribution is 0.0132. The van der Waals surface area contributed by atoms with Gasteiger partial charge in [0.2, 0.25) is 0 Å². The number of ether oxygens (including phenoxy) is 2. The number of nitrogens with zero attached hydrogens (tertiary/aromatic N) is 2. The zero-order valence-electron chi connectivity index (χ0n) is 16.9. The maximum absolute atomic E-state index is 13.8. The number of hydrogen-bond acceptors (Lipinski definition) is 4. The zero-order valence-corrected chi connectivity index (χ0v) is 16.9. The van der Waals surface area contributed by atoms with Crippen LogP contribution >= 0.6 is 0 Å². The highest BCUT2D eigenvalue weighted by Crippen LogP contribution is 2.17. The van der Waals surface area contributed by atoms with E-state index in [1.165, 1.54) is 13.2 Å². The third-order valence-electron chi connectivity index (χ3n) is 4.71. The fraction of sp³-hybridized carbons (Fsp3) is 0.650. The van der Waals surface area contributed by atoms with E-state index in [-0.39, 0.29) is 11.6 Å². The molecular weight excluding hydrogens is 347 g/mol. The van der Waals surface area contributed by atoms with E-state index in [1.54, 1.807) is 13.1 Å². The zero-order chi connectivity index (χ0) is 19.6. The summed E-state index contributed by atoms with van der Waals surface area (Å²) < 4.78 is 24.3. The van der Waals surface area contributed by atoms with Crippen LogP contribution in [0.2, 0.25) is 0 Å². The third kappa shape index (κ3) is 6.99. The molecule has 152 valence electrons. The maximum Gasteiger partial charge on any atom is 0.191 e. The first-order valence-corrected chi connectivity index (χ1v) is 9.62. The molecule has 1 aliphatic rings. The highest BCUT2D eigenvalue weighted by atomic mass is 19.1. The molecule has 0 saturated carbocycles. The number of rotatable bonds is 8. The Hall–Kier alpha value is -1.86. The molecule has 1 aliphatic heterocycles. The Balaban J connectivity index is 1.87. The van der Waals surface area contributed by atoms with Crippen molar-refractivity contribution in [2.75, 3.05) is 47.0 Å². The molecule has 6 nitrogen and oxygen atoms in total. The van der Waals surface area contributed by atoms with E-state index in [0.717, 1.165) is 44.8 Å². The molecule has 0 aromatic heterocycles. The summed E-state index contributed by atoms with van der Waals surface area (Å²) in [5.41, 5.74) is 0.836. The Morgan fingerprint density at radius 3 is 2.63 bits per heavy atom. The third-order valence-corrected chi connectivity index (χ3v) is 4.71. The van der Waals surface area contributed by atoms with E-state index in [2.05, 4.69) is 34.4 Å². The molecular formula is C20H33FN4O2. The van der Waals surface area contributed by atoms with Gasteiger partial charge in [-0.05, 0) is 30.0 Å². The molecule has 2 N–H and O–H groups in total. The summed E-state index contributed by atoms with van der Waals surface area (Å²) in [5, 5.41) is 6.67. The van der Waals surface area contributed by atoms with Gasteiger partial charge in [-0.2, -0.15) is 0 Å². The number of nitrogens with one attached hydrogen (secondary N) is 2. The molecule has 0 bridgehead atoms. The van der Waals surface area contributed by atoms with Crippen LogP contribution in [0.5, 0.6) is 5.75 Å². The minimum absolute atomic E-state index is 0.253. The molecule has 0 radical (unpaired) electrons. The van der Waals surface area contributed by atoms with Crippen molar-refractivity contribution in [1.82, 2.24) is 15.5 Å². The van der Waals surface area contributed by atoms with Gasteiger partial charge in [0.15, 0.2) is 17.5 Å². The quantitative estimate of drug-likeness (QED) is 0.535. The second-order valence-corrected chi connectivity index (χ2v) is 7.21. The number of halogens is 1. The lowest BCUT2D eigenvalue weighted by Crippen LogP contribution is -2.50. The summed E-state index contributed by atoms with van der Waals surface area (Å²) >= 11 is 0. The average molecular weight is 381 g/mol. The average Bonchev–Trinajstić information content (AvgIpc) is 2.67. The van der Waals surface area contributed by atoms with Crippen LogP contribution in [0.15, 0.2) is 23.2 Å². The van der Waals surface area contributed by atoms with Crippen molar-refractivity contribution in [1.29, 1.82) is 0 Å². The monoisotopic (exact) mass is 380 g/mol. The largest absolute Gasteiger partial charge is 0.494 e. The Bertz CT molecular complexity index is 604. The summed E-state index contributed by atoms with van der Waals surface area (Å²) in [5.74, 6) is 1.23. The molecule has 1 fully saturated rings. The van der Waals surface area contributed by atoms with Gasteiger partial charge < -0.3 is 20.1 Å². The summed E-state index contributed by atoms with van der Waals surface area (Å²) in [6, 6.07) is 5.40. The Kier molecular flexibility index (Phi) is 8.81. The fourth-order valence-corrected chi connectivity index (χ4v) is 3.29. The van der Waals surface area contributed by atoms with Gasteiger partial charge in [-0.15, -0.1) is 0 Å². The van der Waals surface area contributed by atoms with Crippen LogP contribution in [0.3, 0.4) is 0 Å². The summed E-state index contributed by atoms with van der Waals surface area (Å²) in [7, 11) is 3.21. The van der Waals surface area contributed by atoms with Crippen LogP contribution in [0.4, 0.5) is 4.39 Å². The van der Waals surface area contributed by atoms with Gasteiger partial charge in [0.1, 0.15) is 0 Å². The summed E-state index contributed by atoms with van der Waals surface area (Å²) in [6.07, 6.45) is 1.12. The van der Waals surface area contributed by atoms with Crippen molar-refractivity contribution in [3.63, 3.8) is 0 Å². The van der Waals surface area contributed by atoms with Gasteiger partial charge in [0.25, 0.3) is 0 Å². The van der Waals surface area contributed by atoms with Crippen LogP contribution in [-0.2, 0) is 11.3 Å². The van der Waals surface area contributed by atoms with Gasteiger partial charge in [-0.1, -0.05) is 19.9 Å². The SMILES string of the molecule is CN=C(NCc1ccc(OC)c(F)c1)NCC(CC(C)C)N1CCOCC1. The first kappa shape index (κ1) is 21.4. The number of morpholine rings is 1. The van der Waals surface area contributed by atoms with Gasteiger partial charge in [0, 0.05) is 39.3 Å². The van der Waals surface area contributed by atoms with Crippen LogP contribution in [0, 0.1) is 11.7 Å². The van der Waals surface area contributed by atoms with Gasteiger partial charge >= 0.3 is 0 Å². The van der Waals surface area contributed by atoms with Crippen LogP contribution in [0.25, 0.3) is 0 Å². The van der Waals surface area contributed by atoms with E-state index >= 15 is 0 Å². The second kappa shape index (κ2) is 11.1. The Labute approximate surface area is 162 Å². The first-order chi connectivity index (χ1) is 13.0. The van der Waals surface area contributed by atoms with Crippen molar-refractivity contribution in [2.24, 2.45) is 10.9 Å². The molecule has 0 amide bonds. The lowest BCUT2D eigenvalue weighted by atomic mass is 10.0. The van der Waals surface area contributed by atoms with E-state index in [9.17, 15) is 4.39 Å². The highest BCUT2D eigenvalue weighted by Gasteiger charge is 2.22. The van der Waals surface area contributed by atoms with E-state index in [4.69, 9.17) is 9.47 Å². The molecule has 2 rings (SSSR count). The van der Waals surface area contributed by atoms with Gasteiger partial charge in [-0.25, -0.2) is 4.39 Å². The molecule has 1 aromatic carbocycles. The predicted octanol–water partition coefficient (Wildman–Crippen LogP) is 2.25. The normalized spacial score (nSPS) is 17.0. The molecule has 1 saturated heterocycles. The van der Waals surface area contributed by atoms with Crippen molar-refractivity contribution in [3.8, 4) is 5.75 Å². The van der Waals surface area contributed by atoms with Crippen molar-refractivity contribution < 1.29 is 13.9 Å². The summed E-state index contributed by atoms with van der Waals surface area (Å²) in [4.78, 5) is 6.78. The number of methoxy groups -OCH3 is 1. The Morgan fingerprint density at radius 2 is 2.04 bits per heavy atom. The molecule has 1 atom stereocenters. The standard InChI is InChI=1S/C20H33FN4O2/c1-15(2)11-17(25-7-9-27-10-8-25)14-24-20(22-3)23-13-16-5-6-19(26-4)18(21)12-16/h5-6,12,15,17H,7-11,13-14H2,1-4H3,(H2,22,23,24). The molecule has 1 heterocycles. The minimum atomic E-state index is -0.357. The Morgan fingerprint density at radius 1 is 1.30 bits per heavy atom. The molecule has 1 unspecified atom stereocenters. The van der Waals surface area contributed by atoms with Crippen LogP contribution in [-0.4, -0.2) is 63.9 Å². The maximum atomic E-state index is 13.8. The molecule has 7 heteroatoms. The topological polar surface area (TPSA) is 58.1 Å². The van der Waals surface area contributed by atoms with Crippen molar-refractivity contribution >= 4 is 5.96 Å². The number of benzene rings is 1. The number of guanidine groups is 1. The molecule has 0 spiro atoms. The minimum Gasteiger partial charge on any atom is -0.494 e. The molecule has 1 aromatic rings. The second-order valence-electron chi connectivity index (χ2n) is 7.21. The van der Waals surface area contributed by atoms with Crippen molar-refractivity contribution in [2.45, 2.75) is 32.9 Å². The van der Waals surface area contributed by atoms with E-state index < -0.39 is 0 Å². The number of hydrogen-bond donors (Lipinski definition) is 2. The highest BCUT2D eigenvalue weighted by molar-refractivity contribution is 5.79. The number of aliphatic imine (C=N–C) groups is 1. The summed E-state index contributed by atoms with van der Waals surface area (Å²) in [6.45, 7) is 9.33. The van der Waals surface area contributed by atoms with Crippen LogP contribution < -0.4 is 15.4 Å². The van der Waals surface area contributed by atoms with Crippen molar-refractivity contribution in [3.05, 3.63) is 29.6 Å². The van der Waals surface area contributed by atoms with E-state index in [0.29, 0.717) is 24.5 Å².